The molecule has 2 aliphatic rings. The van der Waals surface area contributed by atoms with E-state index in [9.17, 15) is 18.0 Å². The van der Waals surface area contributed by atoms with Crippen LogP contribution in [0.1, 0.15) is 58.3 Å². The minimum Gasteiger partial charge on any atom is -0.343 e. The summed E-state index contributed by atoms with van der Waals surface area (Å²) in [7, 11) is -3.59. The first-order chi connectivity index (χ1) is 14.9. The smallest absolute Gasteiger partial charge is 0.308 e. The van der Waals surface area contributed by atoms with Gasteiger partial charge in [0.05, 0.1) is 15.1 Å². The molecule has 3 heterocycles. The quantitative estimate of drug-likeness (QED) is 0.655. The number of rotatable bonds is 6. The lowest BCUT2D eigenvalue weighted by Gasteiger charge is -2.34. The summed E-state index contributed by atoms with van der Waals surface area (Å²) >= 11 is 1.05. The van der Waals surface area contributed by atoms with Crippen molar-refractivity contribution < 1.29 is 13.2 Å². The van der Waals surface area contributed by atoms with Gasteiger partial charge in [-0.05, 0) is 56.7 Å². The molecule has 1 aromatic carbocycles. The van der Waals surface area contributed by atoms with Crippen LogP contribution in [-0.2, 0) is 21.4 Å². The van der Waals surface area contributed by atoms with Crippen LogP contribution in [0, 0.1) is 0 Å². The molecule has 2 saturated heterocycles. The second-order valence-corrected chi connectivity index (χ2v) is 11.4. The van der Waals surface area contributed by atoms with E-state index in [2.05, 4.69) is 0 Å². The molecule has 0 radical (unpaired) electrons. The maximum atomic E-state index is 13.3. The van der Waals surface area contributed by atoms with Crippen molar-refractivity contribution in [1.82, 2.24) is 13.8 Å². The average Bonchev–Trinajstić information content (AvgIpc) is 3.12. The summed E-state index contributed by atoms with van der Waals surface area (Å²) in [5.74, 6) is 0.0841. The third-order valence-corrected chi connectivity index (χ3v) is 9.44. The largest absolute Gasteiger partial charge is 0.343 e. The van der Waals surface area contributed by atoms with Gasteiger partial charge in [-0.25, -0.2) is 8.42 Å². The Kier molecular flexibility index (Phi) is 6.83. The van der Waals surface area contributed by atoms with Crippen LogP contribution < -0.4 is 4.87 Å². The van der Waals surface area contributed by atoms with Crippen LogP contribution >= 0.6 is 11.3 Å². The molecule has 7 nitrogen and oxygen atoms in total. The predicted molar refractivity (Wildman–Crippen MR) is 123 cm³/mol. The average molecular weight is 466 g/mol. The van der Waals surface area contributed by atoms with Gasteiger partial charge in [-0.1, -0.05) is 24.7 Å². The molecule has 4 rings (SSSR count). The molecule has 0 bridgehead atoms. The fraction of sp³-hybridized carbons (Fsp3) is 0.636. The van der Waals surface area contributed by atoms with E-state index in [1.165, 1.54) is 6.42 Å². The first-order valence-electron chi connectivity index (χ1n) is 11.3. The summed E-state index contributed by atoms with van der Waals surface area (Å²) < 4.78 is 30.4. The lowest BCUT2D eigenvalue weighted by molar-refractivity contribution is -0.132. The zero-order chi connectivity index (χ0) is 22.0. The number of fused-ring (bicyclic) bond motifs is 1. The molecular formula is C22H31N3O4S2. The molecule has 31 heavy (non-hydrogen) atoms. The van der Waals surface area contributed by atoms with E-state index in [0.717, 1.165) is 63.0 Å². The first-order valence-corrected chi connectivity index (χ1v) is 13.6. The number of likely N-dealkylation sites (tertiary alicyclic amines) is 1. The number of carbonyl (C=O) groups excluding carboxylic acids is 1. The van der Waals surface area contributed by atoms with Gasteiger partial charge in [-0.2, -0.15) is 4.31 Å². The van der Waals surface area contributed by atoms with Crippen LogP contribution in [0.4, 0.5) is 0 Å². The van der Waals surface area contributed by atoms with Crippen LogP contribution in [0.15, 0.2) is 27.9 Å². The Hall–Kier alpha value is -1.71. The van der Waals surface area contributed by atoms with Gasteiger partial charge in [0, 0.05) is 38.6 Å². The minimum atomic E-state index is -3.59. The molecule has 1 aromatic heterocycles. The minimum absolute atomic E-state index is 0.0404. The molecule has 1 amide bonds. The SMILES string of the molecule is CC[C@H]1CCCCN1S(=O)(=O)c1ccc2c(c1)sc(=O)n2CCC(=O)N1CCCCC1. The topological polar surface area (TPSA) is 79.7 Å². The monoisotopic (exact) mass is 465 g/mol. The van der Waals surface area contributed by atoms with Crippen LogP contribution in [-0.4, -0.2) is 53.8 Å². The van der Waals surface area contributed by atoms with Gasteiger partial charge in [0.15, 0.2) is 0 Å². The number of hydrogen-bond donors (Lipinski definition) is 0. The van der Waals surface area contributed by atoms with E-state index in [1.807, 2.05) is 11.8 Å². The van der Waals surface area contributed by atoms with Crippen molar-refractivity contribution in [2.75, 3.05) is 19.6 Å². The van der Waals surface area contributed by atoms with Crippen molar-refractivity contribution in [3.05, 3.63) is 27.9 Å². The molecule has 170 valence electrons. The number of amides is 1. The summed E-state index contributed by atoms with van der Waals surface area (Å²) in [4.78, 5) is 27.1. The number of benzene rings is 1. The number of sulfonamides is 1. The Balaban J connectivity index is 1.55. The predicted octanol–water partition coefficient (Wildman–Crippen LogP) is 3.42. The molecule has 2 fully saturated rings. The first kappa shape index (κ1) is 22.5. The number of nitrogens with zero attached hydrogens (tertiary/aromatic N) is 3. The zero-order valence-corrected chi connectivity index (χ0v) is 19.7. The van der Waals surface area contributed by atoms with E-state index in [1.54, 1.807) is 27.1 Å². The highest BCUT2D eigenvalue weighted by Crippen LogP contribution is 2.29. The Morgan fingerprint density at radius 2 is 1.84 bits per heavy atom. The molecule has 2 aromatic rings. The van der Waals surface area contributed by atoms with Crippen molar-refractivity contribution in [2.24, 2.45) is 0 Å². The lowest BCUT2D eigenvalue weighted by atomic mass is 10.0. The summed E-state index contributed by atoms with van der Waals surface area (Å²) in [6.07, 6.45) is 7.18. The maximum Gasteiger partial charge on any atom is 0.308 e. The Morgan fingerprint density at radius 3 is 2.58 bits per heavy atom. The Bertz CT molecular complexity index is 1100. The van der Waals surface area contributed by atoms with Crippen LogP contribution in [0.25, 0.3) is 10.2 Å². The Labute approximate surface area is 187 Å². The van der Waals surface area contributed by atoms with Crippen molar-refractivity contribution >= 4 is 37.5 Å². The van der Waals surface area contributed by atoms with E-state index < -0.39 is 10.0 Å². The number of hydrogen-bond acceptors (Lipinski definition) is 5. The fourth-order valence-electron chi connectivity index (χ4n) is 4.76. The third-order valence-electron chi connectivity index (χ3n) is 6.55. The van der Waals surface area contributed by atoms with Gasteiger partial charge in [0.1, 0.15) is 0 Å². The van der Waals surface area contributed by atoms with Crippen molar-refractivity contribution in [2.45, 2.75) is 75.8 Å². The van der Waals surface area contributed by atoms with Gasteiger partial charge in [0.2, 0.25) is 15.9 Å². The second kappa shape index (κ2) is 9.42. The van der Waals surface area contributed by atoms with Crippen LogP contribution in [0.2, 0.25) is 0 Å². The highest BCUT2D eigenvalue weighted by molar-refractivity contribution is 7.89. The van der Waals surface area contributed by atoms with Crippen LogP contribution in [0.5, 0.6) is 0 Å². The van der Waals surface area contributed by atoms with E-state index in [4.69, 9.17) is 0 Å². The van der Waals surface area contributed by atoms with E-state index >= 15 is 0 Å². The molecule has 0 aliphatic carbocycles. The zero-order valence-electron chi connectivity index (χ0n) is 18.1. The van der Waals surface area contributed by atoms with Gasteiger partial charge in [-0.15, -0.1) is 0 Å². The summed E-state index contributed by atoms with van der Waals surface area (Å²) in [6, 6.07) is 4.99. The number of aryl methyl sites for hydroxylation is 1. The number of piperidine rings is 2. The second-order valence-electron chi connectivity index (χ2n) is 8.51. The van der Waals surface area contributed by atoms with Crippen molar-refractivity contribution in [3.8, 4) is 0 Å². The standard InChI is InChI=1S/C22H31N3O4S2/c1-2-17-8-4-7-14-25(17)31(28,29)18-9-10-19-20(16-18)30-22(27)24(19)15-11-21(26)23-12-5-3-6-13-23/h9-10,16-17H,2-8,11-15H2,1H3/t17-/m0/s1. The molecule has 0 spiro atoms. The van der Waals surface area contributed by atoms with Gasteiger partial charge in [0.25, 0.3) is 0 Å². The highest BCUT2D eigenvalue weighted by Gasteiger charge is 2.32. The molecule has 0 unspecified atom stereocenters. The van der Waals surface area contributed by atoms with Crippen molar-refractivity contribution in [3.63, 3.8) is 0 Å². The van der Waals surface area contributed by atoms with Gasteiger partial charge < -0.3 is 4.90 Å². The molecule has 0 N–H and O–H groups in total. The maximum absolute atomic E-state index is 13.3. The third kappa shape index (κ3) is 4.59. The lowest BCUT2D eigenvalue weighted by Crippen LogP contribution is -2.43. The van der Waals surface area contributed by atoms with Crippen molar-refractivity contribution in [1.29, 1.82) is 0 Å². The van der Waals surface area contributed by atoms with Gasteiger partial charge >= 0.3 is 4.87 Å². The molecule has 0 saturated carbocycles. The summed E-state index contributed by atoms with van der Waals surface area (Å²) in [5.41, 5.74) is 0.700. The Morgan fingerprint density at radius 1 is 1.10 bits per heavy atom. The molecule has 9 heteroatoms. The summed E-state index contributed by atoms with van der Waals surface area (Å²) in [5, 5.41) is 0. The number of aromatic nitrogens is 1. The molecular weight excluding hydrogens is 434 g/mol. The number of thiazole rings is 1. The molecule has 2 aliphatic heterocycles. The fourth-order valence-corrected chi connectivity index (χ4v) is 7.59. The molecule has 1 atom stereocenters. The number of carbonyl (C=O) groups is 1. The van der Waals surface area contributed by atoms with Crippen LogP contribution in [0.3, 0.4) is 0 Å². The van der Waals surface area contributed by atoms with E-state index in [0.29, 0.717) is 23.3 Å². The van der Waals surface area contributed by atoms with Gasteiger partial charge in [-0.3, -0.25) is 14.2 Å². The highest BCUT2D eigenvalue weighted by atomic mass is 32.2. The normalized spacial score (nSPS) is 20.9. The summed E-state index contributed by atoms with van der Waals surface area (Å²) in [6.45, 7) is 4.50. The van der Waals surface area contributed by atoms with E-state index in [-0.39, 0.29) is 28.1 Å².